The first kappa shape index (κ1) is 29.9. The van der Waals surface area contributed by atoms with Crippen LogP contribution in [0.15, 0.2) is 24.2 Å². The fourth-order valence-corrected chi connectivity index (χ4v) is 6.19. The number of phosphoric acid groups is 3. The van der Waals surface area contributed by atoms with Crippen LogP contribution in [-0.4, -0.2) is 98.6 Å². The van der Waals surface area contributed by atoms with E-state index in [4.69, 9.17) is 15.2 Å². The Morgan fingerprint density at radius 1 is 1.05 bits per heavy atom. The fraction of sp³-hybridized carbons (Fsp3) is 0.533. The van der Waals surface area contributed by atoms with Gasteiger partial charge in [-0.15, -0.1) is 0 Å². The number of imidazole rings is 1. The normalized spacial score (nSPS) is 29.1. The summed E-state index contributed by atoms with van der Waals surface area (Å²) in [7, 11) is -16.0. The molecule has 4 rings (SSSR count). The van der Waals surface area contributed by atoms with E-state index >= 15 is 0 Å². The van der Waals surface area contributed by atoms with Gasteiger partial charge >= 0.3 is 23.5 Å². The lowest BCUT2D eigenvalue weighted by atomic mass is 10.1. The van der Waals surface area contributed by atoms with Gasteiger partial charge in [0.15, 0.2) is 29.2 Å². The summed E-state index contributed by atoms with van der Waals surface area (Å²) >= 11 is 0. The Balaban J connectivity index is 1.44. The Morgan fingerprint density at radius 2 is 1.72 bits per heavy atom. The minimum Gasteiger partial charge on any atom is -0.506 e. The van der Waals surface area contributed by atoms with Gasteiger partial charge in [-0.05, 0) is 0 Å². The van der Waals surface area contributed by atoms with Gasteiger partial charge in [-0.1, -0.05) is 0 Å². The molecular formula is C15H22N5O16P3. The van der Waals surface area contributed by atoms with Crippen molar-refractivity contribution in [1.82, 2.24) is 19.5 Å². The zero-order chi connectivity index (χ0) is 28.8. The molecule has 39 heavy (non-hydrogen) atoms. The molecule has 0 amide bonds. The summed E-state index contributed by atoms with van der Waals surface area (Å²) in [5, 5.41) is 29.4. The second-order valence-electron chi connectivity index (χ2n) is 7.94. The van der Waals surface area contributed by atoms with Crippen LogP contribution in [-0.2, 0) is 41.1 Å². The van der Waals surface area contributed by atoms with Crippen molar-refractivity contribution in [2.75, 3.05) is 25.6 Å². The molecule has 0 aromatic carbocycles. The first-order valence-electron chi connectivity index (χ1n) is 10.5. The van der Waals surface area contributed by atoms with Gasteiger partial charge in [-0.3, -0.25) is 18.1 Å². The van der Waals surface area contributed by atoms with E-state index in [1.165, 1.54) is 0 Å². The number of aliphatic hydroxyl groups excluding tert-OH is 3. The van der Waals surface area contributed by atoms with Gasteiger partial charge in [0.2, 0.25) is 0 Å². The van der Waals surface area contributed by atoms with Crippen molar-refractivity contribution in [3.63, 3.8) is 0 Å². The van der Waals surface area contributed by atoms with Gasteiger partial charge in [0.05, 0.1) is 19.5 Å². The van der Waals surface area contributed by atoms with Crippen LogP contribution in [0.3, 0.4) is 0 Å². The highest BCUT2D eigenvalue weighted by molar-refractivity contribution is 7.61. The largest absolute Gasteiger partial charge is 0.506 e. The van der Waals surface area contributed by atoms with E-state index in [-0.39, 0.29) is 17.0 Å². The molecule has 7 atom stereocenters. The highest BCUT2D eigenvalue weighted by Crippen LogP contribution is 2.61. The lowest BCUT2D eigenvalue weighted by Crippen LogP contribution is -2.35. The van der Waals surface area contributed by atoms with Gasteiger partial charge in [0.25, 0.3) is 0 Å². The smallest absolute Gasteiger partial charge is 0.481 e. The van der Waals surface area contributed by atoms with Crippen LogP contribution in [0.2, 0.25) is 0 Å². The van der Waals surface area contributed by atoms with Gasteiger partial charge in [-0.25, -0.2) is 28.6 Å². The summed E-state index contributed by atoms with van der Waals surface area (Å²) in [5.74, 6) is -1.25. The number of aliphatic hydroxyl groups is 3. The Morgan fingerprint density at radius 3 is 2.33 bits per heavy atom. The van der Waals surface area contributed by atoms with Gasteiger partial charge in [-0.2, -0.15) is 4.31 Å². The fourth-order valence-electron chi connectivity index (χ4n) is 3.56. The summed E-state index contributed by atoms with van der Waals surface area (Å²) in [6.07, 6.45) is -6.04. The number of hydrogen-bond donors (Lipinski definition) is 8. The van der Waals surface area contributed by atoms with Crippen molar-refractivity contribution >= 4 is 40.4 Å². The number of phosphoric ester groups is 3. The number of nitrogen functional groups attached to an aromatic ring is 1. The van der Waals surface area contributed by atoms with E-state index in [0.717, 1.165) is 17.2 Å². The van der Waals surface area contributed by atoms with Crippen LogP contribution < -0.4 is 5.73 Å². The number of rotatable bonds is 11. The number of anilines is 1. The SMILES string of the molecule is Nc1ncnc2c1ncn2[C@@H]1O[C@H](COP(=O)(O)OP(=O)(O)OC[C@H]2OCC(O)=C2O)[C@@H](O)[C@H]1OP(=O)(O)O. The van der Waals surface area contributed by atoms with Crippen molar-refractivity contribution in [2.45, 2.75) is 30.6 Å². The summed E-state index contributed by atoms with van der Waals surface area (Å²) in [5.41, 5.74) is 5.83. The minimum absolute atomic E-state index is 0.0237. The molecule has 0 saturated carbocycles. The molecule has 4 heterocycles. The van der Waals surface area contributed by atoms with E-state index in [1.54, 1.807) is 0 Å². The van der Waals surface area contributed by atoms with Gasteiger partial charge in [0.1, 0.15) is 42.9 Å². The number of nitrogens with zero attached hydrogens (tertiary/aromatic N) is 4. The maximum atomic E-state index is 12.3. The third-order valence-corrected chi connectivity index (χ3v) is 8.37. The molecule has 9 N–H and O–H groups in total. The van der Waals surface area contributed by atoms with E-state index < -0.39 is 85.5 Å². The first-order valence-corrected chi connectivity index (χ1v) is 15.0. The molecule has 2 aromatic rings. The average Bonchev–Trinajstić information content (AvgIpc) is 3.47. The lowest BCUT2D eigenvalue weighted by Gasteiger charge is -2.22. The van der Waals surface area contributed by atoms with Crippen molar-refractivity contribution in [2.24, 2.45) is 0 Å². The molecule has 0 bridgehead atoms. The van der Waals surface area contributed by atoms with Crippen LogP contribution in [0.5, 0.6) is 0 Å². The molecule has 2 aliphatic heterocycles. The Kier molecular flexibility index (Phi) is 8.49. The third kappa shape index (κ3) is 6.99. The lowest BCUT2D eigenvalue weighted by molar-refractivity contribution is -0.0499. The van der Waals surface area contributed by atoms with Crippen molar-refractivity contribution in [1.29, 1.82) is 0 Å². The number of aromatic nitrogens is 4. The molecule has 2 aliphatic rings. The van der Waals surface area contributed by atoms with Gasteiger partial charge in [0, 0.05) is 0 Å². The van der Waals surface area contributed by atoms with Crippen molar-refractivity contribution in [3.05, 3.63) is 24.2 Å². The van der Waals surface area contributed by atoms with Crippen LogP contribution in [0, 0.1) is 0 Å². The van der Waals surface area contributed by atoms with Crippen molar-refractivity contribution in [3.8, 4) is 0 Å². The van der Waals surface area contributed by atoms with E-state index in [9.17, 15) is 48.6 Å². The maximum Gasteiger partial charge on any atom is 0.481 e. The predicted molar refractivity (Wildman–Crippen MR) is 121 cm³/mol. The van der Waals surface area contributed by atoms with E-state index in [1.807, 2.05) is 0 Å². The topological polar surface area (TPSA) is 318 Å². The standard InChI is InChI=1S/C15H22N5O16P3/c16-13-9-14(18-4-17-13)20(5-19-9)15-12(35-37(24,25)26)11(23)8(34-15)3-33-39(29,30)36-38(27,28)32-2-7-10(22)6(21)1-31-7/h4-5,7-8,11-12,15,21-23H,1-3H2,(H,27,28)(H,29,30)(H2,16,17,18)(H2,24,25,26)/t7-,8-,11-,12-,15-/m1/s1. The van der Waals surface area contributed by atoms with Crippen LogP contribution in [0.4, 0.5) is 5.82 Å². The van der Waals surface area contributed by atoms with E-state index in [2.05, 4.69) is 32.8 Å². The molecule has 2 unspecified atom stereocenters. The summed E-state index contributed by atoms with van der Waals surface area (Å²) in [6.45, 7) is -2.28. The molecule has 1 fully saturated rings. The summed E-state index contributed by atoms with van der Waals surface area (Å²) < 4.78 is 65.3. The number of nitrogens with two attached hydrogens (primary N) is 1. The molecule has 218 valence electrons. The monoisotopic (exact) mass is 621 g/mol. The maximum absolute atomic E-state index is 12.3. The summed E-state index contributed by atoms with van der Waals surface area (Å²) in [6, 6.07) is 0. The molecule has 0 radical (unpaired) electrons. The molecule has 24 heteroatoms. The van der Waals surface area contributed by atoms with E-state index in [0.29, 0.717) is 0 Å². The first-order chi connectivity index (χ1) is 18.1. The Labute approximate surface area is 216 Å². The summed E-state index contributed by atoms with van der Waals surface area (Å²) in [4.78, 5) is 49.9. The molecule has 2 aromatic heterocycles. The second kappa shape index (κ2) is 11.1. The number of fused-ring (bicyclic) bond motifs is 1. The minimum atomic E-state index is -5.41. The van der Waals surface area contributed by atoms with Gasteiger partial charge < -0.3 is 50.1 Å². The zero-order valence-corrected chi connectivity index (χ0v) is 21.9. The predicted octanol–water partition coefficient (Wildman–Crippen LogP) is -0.878. The Hall–Kier alpha value is -2.06. The van der Waals surface area contributed by atoms with Crippen molar-refractivity contribution < 1.29 is 75.9 Å². The number of ether oxygens (including phenoxy) is 2. The zero-order valence-electron chi connectivity index (χ0n) is 19.2. The highest BCUT2D eigenvalue weighted by atomic mass is 31.3. The van der Waals surface area contributed by atoms with Crippen LogP contribution in [0.1, 0.15) is 6.23 Å². The third-order valence-electron chi connectivity index (χ3n) is 5.25. The molecule has 0 spiro atoms. The van der Waals surface area contributed by atoms with Crippen LogP contribution in [0.25, 0.3) is 11.2 Å². The molecule has 0 aliphatic carbocycles. The second-order valence-corrected chi connectivity index (χ2v) is 12.2. The highest BCUT2D eigenvalue weighted by Gasteiger charge is 2.50. The quantitative estimate of drug-likeness (QED) is 0.141. The average molecular weight is 621 g/mol. The van der Waals surface area contributed by atoms with Crippen LogP contribution >= 0.6 is 23.5 Å². The number of hydrogen-bond acceptors (Lipinski definition) is 16. The molecular weight excluding hydrogens is 599 g/mol. The molecule has 1 saturated heterocycles. The molecule has 21 nitrogen and oxygen atoms in total. The Bertz CT molecular complexity index is 1400.